The van der Waals surface area contributed by atoms with E-state index in [4.69, 9.17) is 61.7 Å². The number of ether oxygens (including phenoxy) is 4. The largest absolute Gasteiger partial charge is 0.457 e. The van der Waals surface area contributed by atoms with Crippen LogP contribution in [0, 0.1) is 0 Å². The van der Waals surface area contributed by atoms with Gasteiger partial charge in [-0.05, 0) is 170 Å². The Hall–Kier alpha value is -6.28. The van der Waals surface area contributed by atoms with Crippen molar-refractivity contribution in [3.63, 3.8) is 0 Å². The molecule has 8 aromatic rings. The summed E-state index contributed by atoms with van der Waals surface area (Å²) in [6.45, 7) is 0. The van der Waals surface area contributed by atoms with Gasteiger partial charge < -0.3 is 23.8 Å². The smallest absolute Gasteiger partial charge is 0.261 e. The number of benzene rings is 8. The minimum atomic E-state index is -3.81. The molecule has 0 bridgehead atoms. The van der Waals surface area contributed by atoms with Crippen LogP contribution in [0.25, 0.3) is 0 Å². The van der Waals surface area contributed by atoms with Crippen LogP contribution in [0.5, 0.6) is 46.0 Å². The standard InChI is InChI=1S/C30H21Cl2NO6S2.C18H12Cl2O6S2/c31-40(34,35)29-18-14-27(15-19-29)38-25-10-6-23(7-11-25)33(22-4-2-1-3-5-22)24-8-12-26(13-9-24)39-28-16-20-30(21-17-28)41(32,36)37;19-27(21,22)17-8-4-13(5-9-17)25-15-2-1-3-16(12-15)26-14-6-10-18(11-7-14)28(20,23)24/h1-21H;1-12H. The summed E-state index contributed by atoms with van der Waals surface area (Å²) in [6.07, 6.45) is 0. The minimum absolute atomic E-state index is 0.00327. The van der Waals surface area contributed by atoms with Crippen LogP contribution in [0.2, 0.25) is 0 Å². The van der Waals surface area contributed by atoms with Crippen LogP contribution in [0.1, 0.15) is 0 Å². The van der Waals surface area contributed by atoms with Gasteiger partial charge in [0.25, 0.3) is 36.2 Å². The maximum absolute atomic E-state index is 11.5. The molecule has 0 saturated heterocycles. The molecule has 0 aliphatic rings. The first kappa shape index (κ1) is 50.6. The second-order valence-electron chi connectivity index (χ2n) is 14.2. The summed E-state index contributed by atoms with van der Waals surface area (Å²) in [5.41, 5.74) is 2.68. The Morgan fingerprint density at radius 3 is 0.754 bits per heavy atom. The third-order valence-electron chi connectivity index (χ3n) is 9.37. The Morgan fingerprint density at radius 2 is 0.493 bits per heavy atom. The van der Waals surface area contributed by atoms with Crippen molar-refractivity contribution >= 4 is 96.0 Å². The van der Waals surface area contributed by atoms with Crippen LogP contribution in [0.4, 0.5) is 17.1 Å². The molecule has 0 amide bonds. The number of nitrogens with zero attached hydrogens (tertiary/aromatic N) is 1. The van der Waals surface area contributed by atoms with Gasteiger partial charge in [0.15, 0.2) is 0 Å². The first-order valence-electron chi connectivity index (χ1n) is 19.7. The Balaban J connectivity index is 0.000000219. The lowest BCUT2D eigenvalue weighted by Gasteiger charge is -2.25. The summed E-state index contributed by atoms with van der Waals surface area (Å²) in [5.74, 6) is 3.82. The van der Waals surface area contributed by atoms with Crippen molar-refractivity contribution < 1.29 is 52.6 Å². The number of rotatable bonds is 15. The zero-order valence-corrected chi connectivity index (χ0v) is 41.3. The van der Waals surface area contributed by atoms with Crippen molar-refractivity contribution in [3.05, 3.63) is 200 Å². The van der Waals surface area contributed by atoms with Crippen molar-refractivity contribution in [3.8, 4) is 46.0 Å². The molecule has 8 aromatic carbocycles. The van der Waals surface area contributed by atoms with Crippen molar-refractivity contribution in [2.75, 3.05) is 4.90 Å². The van der Waals surface area contributed by atoms with Crippen LogP contribution in [-0.4, -0.2) is 33.7 Å². The lowest BCUT2D eigenvalue weighted by molar-refractivity contribution is 0.460. The van der Waals surface area contributed by atoms with E-state index in [1.54, 1.807) is 24.3 Å². The SMILES string of the molecule is O=S(=O)(Cl)c1ccc(Oc2ccc(N(c3ccccc3)c3ccc(Oc4ccc(S(=O)(=O)Cl)cc4)cc3)cc2)cc1.O=S(=O)(Cl)c1ccc(Oc2cccc(Oc3ccc(S(=O)(=O)Cl)cc3)c2)cc1. The fraction of sp³-hybridized carbons (Fsp3) is 0. The summed E-state index contributed by atoms with van der Waals surface area (Å²) in [6, 6.07) is 54.5. The van der Waals surface area contributed by atoms with E-state index in [9.17, 15) is 33.7 Å². The van der Waals surface area contributed by atoms with E-state index < -0.39 is 36.2 Å². The Labute approximate surface area is 416 Å². The highest BCUT2D eigenvalue weighted by molar-refractivity contribution is 8.14. The van der Waals surface area contributed by atoms with E-state index in [2.05, 4.69) is 4.90 Å². The van der Waals surface area contributed by atoms with Crippen LogP contribution in [0.3, 0.4) is 0 Å². The molecule has 0 aliphatic heterocycles. The number of anilines is 3. The van der Waals surface area contributed by atoms with Crippen LogP contribution in [-0.2, 0) is 36.2 Å². The number of halogens is 4. The first-order valence-corrected chi connectivity index (χ1v) is 29.0. The van der Waals surface area contributed by atoms with E-state index >= 15 is 0 Å². The summed E-state index contributed by atoms with van der Waals surface area (Å²) in [7, 11) is 6.11. The molecular formula is C48H33Cl4NO12S4. The normalized spacial score (nSPS) is 11.7. The van der Waals surface area contributed by atoms with E-state index in [-0.39, 0.29) is 19.6 Å². The molecule has 69 heavy (non-hydrogen) atoms. The zero-order chi connectivity index (χ0) is 49.4. The van der Waals surface area contributed by atoms with Crippen LogP contribution >= 0.6 is 42.7 Å². The molecule has 8 rings (SSSR count). The maximum atomic E-state index is 11.5. The van der Waals surface area contributed by atoms with Crippen molar-refractivity contribution in [1.82, 2.24) is 0 Å². The third kappa shape index (κ3) is 14.4. The molecule has 0 saturated carbocycles. The van der Waals surface area contributed by atoms with Crippen molar-refractivity contribution in [2.24, 2.45) is 0 Å². The monoisotopic (exact) mass is 1080 g/mol. The molecule has 0 aliphatic carbocycles. The molecule has 0 heterocycles. The molecule has 0 aromatic heterocycles. The van der Waals surface area contributed by atoms with Gasteiger partial charge in [0.1, 0.15) is 46.0 Å². The Bertz CT molecular complexity index is 3290. The summed E-state index contributed by atoms with van der Waals surface area (Å²) < 4.78 is 114. The van der Waals surface area contributed by atoms with Gasteiger partial charge in [0.05, 0.1) is 19.6 Å². The second-order valence-corrected chi connectivity index (χ2v) is 24.4. The summed E-state index contributed by atoms with van der Waals surface area (Å²) in [4.78, 5) is 2.00. The quantitative estimate of drug-likeness (QED) is 0.0887. The number of hydrogen-bond acceptors (Lipinski definition) is 13. The fourth-order valence-electron chi connectivity index (χ4n) is 6.18. The molecular weight excluding hydrogens is 1050 g/mol. The Morgan fingerprint density at radius 1 is 0.261 bits per heavy atom. The predicted octanol–water partition coefficient (Wildman–Crippen LogP) is 13.7. The Kier molecular flexibility index (Phi) is 15.8. The summed E-state index contributed by atoms with van der Waals surface area (Å²) in [5, 5.41) is 0. The molecule has 21 heteroatoms. The predicted molar refractivity (Wildman–Crippen MR) is 266 cm³/mol. The zero-order valence-electron chi connectivity index (χ0n) is 35.0. The van der Waals surface area contributed by atoms with Gasteiger partial charge in [0.2, 0.25) is 0 Å². The van der Waals surface area contributed by atoms with Gasteiger partial charge in [-0.15, -0.1) is 0 Å². The lowest BCUT2D eigenvalue weighted by Crippen LogP contribution is -2.09. The lowest BCUT2D eigenvalue weighted by atomic mass is 10.2. The fourth-order valence-corrected chi connectivity index (χ4v) is 9.26. The highest BCUT2D eigenvalue weighted by atomic mass is 35.7. The second kappa shape index (κ2) is 21.6. The average Bonchev–Trinajstić information content (AvgIpc) is 3.30. The van der Waals surface area contributed by atoms with Crippen molar-refractivity contribution in [2.45, 2.75) is 19.6 Å². The van der Waals surface area contributed by atoms with Crippen molar-refractivity contribution in [1.29, 1.82) is 0 Å². The van der Waals surface area contributed by atoms with Gasteiger partial charge in [-0.1, -0.05) is 24.3 Å². The molecule has 0 atom stereocenters. The van der Waals surface area contributed by atoms with Gasteiger partial charge >= 0.3 is 0 Å². The topological polar surface area (TPSA) is 177 Å². The van der Waals surface area contributed by atoms with Gasteiger partial charge in [-0.2, -0.15) is 0 Å². The molecule has 0 spiro atoms. The van der Waals surface area contributed by atoms with Gasteiger partial charge in [-0.3, -0.25) is 0 Å². The van der Waals surface area contributed by atoms with E-state index in [0.29, 0.717) is 46.0 Å². The molecule has 0 unspecified atom stereocenters. The maximum Gasteiger partial charge on any atom is 0.261 e. The highest BCUT2D eigenvalue weighted by Crippen LogP contribution is 2.38. The minimum Gasteiger partial charge on any atom is -0.457 e. The van der Waals surface area contributed by atoms with Crippen LogP contribution < -0.4 is 23.8 Å². The molecule has 354 valence electrons. The number of para-hydroxylation sites is 1. The molecule has 0 N–H and O–H groups in total. The highest BCUT2D eigenvalue weighted by Gasteiger charge is 2.16. The van der Waals surface area contributed by atoms with E-state index in [1.807, 2.05) is 78.9 Å². The molecule has 0 fully saturated rings. The first-order chi connectivity index (χ1) is 32.7. The van der Waals surface area contributed by atoms with E-state index in [1.165, 1.54) is 97.1 Å². The average molecular weight is 1090 g/mol. The van der Waals surface area contributed by atoms with E-state index in [0.717, 1.165) is 17.1 Å². The summed E-state index contributed by atoms with van der Waals surface area (Å²) >= 11 is 0. The molecule has 0 radical (unpaired) electrons. The van der Waals surface area contributed by atoms with Gasteiger partial charge in [0, 0.05) is 65.9 Å². The third-order valence-corrected chi connectivity index (χ3v) is 14.9. The van der Waals surface area contributed by atoms with Crippen LogP contribution in [0.15, 0.2) is 220 Å². The number of hydrogen-bond donors (Lipinski definition) is 0. The molecule has 13 nitrogen and oxygen atoms in total. The van der Waals surface area contributed by atoms with Gasteiger partial charge in [-0.25, -0.2) is 33.7 Å².